The Morgan fingerprint density at radius 3 is 2.46 bits per heavy atom. The molecule has 0 aromatic heterocycles. The SMILES string of the molecule is CC=CC=C(CC(=O)O)C(=O)OC. The van der Waals surface area contributed by atoms with Gasteiger partial charge in [-0.15, -0.1) is 0 Å². The van der Waals surface area contributed by atoms with Gasteiger partial charge in [-0.2, -0.15) is 0 Å². The highest BCUT2D eigenvalue weighted by atomic mass is 16.5. The summed E-state index contributed by atoms with van der Waals surface area (Å²) in [7, 11) is 1.22. The first kappa shape index (κ1) is 11.4. The van der Waals surface area contributed by atoms with Crippen molar-refractivity contribution < 1.29 is 19.4 Å². The van der Waals surface area contributed by atoms with E-state index in [1.807, 2.05) is 0 Å². The number of carboxylic acids is 1. The van der Waals surface area contributed by atoms with Crippen molar-refractivity contribution in [1.82, 2.24) is 0 Å². The van der Waals surface area contributed by atoms with Crippen LogP contribution in [0.2, 0.25) is 0 Å². The molecule has 1 N–H and O–H groups in total. The van der Waals surface area contributed by atoms with Gasteiger partial charge in [-0.3, -0.25) is 4.79 Å². The molecule has 0 fully saturated rings. The first-order chi connectivity index (χ1) is 6.11. The van der Waals surface area contributed by atoms with Gasteiger partial charge in [-0.25, -0.2) is 4.79 Å². The van der Waals surface area contributed by atoms with Crippen LogP contribution >= 0.6 is 0 Å². The number of carboxylic acid groups (broad SMARTS) is 1. The van der Waals surface area contributed by atoms with Gasteiger partial charge < -0.3 is 9.84 Å². The Bertz CT molecular complexity index is 250. The number of aliphatic carboxylic acids is 1. The number of carbonyl (C=O) groups is 2. The molecule has 0 saturated carbocycles. The Morgan fingerprint density at radius 2 is 2.08 bits per heavy atom. The van der Waals surface area contributed by atoms with Crippen LogP contribution in [0.1, 0.15) is 13.3 Å². The first-order valence-corrected chi connectivity index (χ1v) is 3.73. The predicted octanol–water partition coefficient (Wildman–Crippen LogP) is 1.14. The van der Waals surface area contributed by atoms with E-state index in [9.17, 15) is 9.59 Å². The largest absolute Gasteiger partial charge is 0.481 e. The Kier molecular flexibility index (Phi) is 5.27. The quantitative estimate of drug-likeness (QED) is 0.404. The van der Waals surface area contributed by atoms with Crippen molar-refractivity contribution in [3.8, 4) is 0 Å². The van der Waals surface area contributed by atoms with Crippen LogP contribution < -0.4 is 0 Å². The summed E-state index contributed by atoms with van der Waals surface area (Å²) >= 11 is 0. The van der Waals surface area contributed by atoms with E-state index in [2.05, 4.69) is 4.74 Å². The van der Waals surface area contributed by atoms with E-state index in [0.717, 1.165) is 0 Å². The van der Waals surface area contributed by atoms with Gasteiger partial charge in [0.25, 0.3) is 0 Å². The standard InChI is InChI=1S/C9H12O4/c1-3-4-5-7(6-8(10)11)9(12)13-2/h3-5H,6H2,1-2H3,(H,10,11). The lowest BCUT2D eigenvalue weighted by Gasteiger charge is -2.00. The van der Waals surface area contributed by atoms with E-state index < -0.39 is 11.9 Å². The molecular weight excluding hydrogens is 172 g/mol. The molecule has 72 valence electrons. The number of allylic oxidation sites excluding steroid dienone is 3. The predicted molar refractivity (Wildman–Crippen MR) is 47.2 cm³/mol. The van der Waals surface area contributed by atoms with Crippen LogP contribution in [0.5, 0.6) is 0 Å². The summed E-state index contributed by atoms with van der Waals surface area (Å²) < 4.78 is 4.41. The van der Waals surface area contributed by atoms with Crippen LogP contribution in [-0.4, -0.2) is 24.2 Å². The highest BCUT2D eigenvalue weighted by Gasteiger charge is 2.12. The lowest BCUT2D eigenvalue weighted by molar-refractivity contribution is -0.141. The molecule has 0 aromatic carbocycles. The van der Waals surface area contributed by atoms with Gasteiger partial charge in [-0.05, 0) is 6.92 Å². The van der Waals surface area contributed by atoms with Crippen molar-refractivity contribution in [1.29, 1.82) is 0 Å². The zero-order chi connectivity index (χ0) is 10.3. The minimum atomic E-state index is -1.05. The Hall–Kier alpha value is -1.58. The number of hydrogen-bond acceptors (Lipinski definition) is 3. The molecule has 0 radical (unpaired) electrons. The van der Waals surface area contributed by atoms with Crippen molar-refractivity contribution in [2.45, 2.75) is 13.3 Å². The highest BCUT2D eigenvalue weighted by Crippen LogP contribution is 2.04. The van der Waals surface area contributed by atoms with Gasteiger partial charge in [0, 0.05) is 5.57 Å². The van der Waals surface area contributed by atoms with Gasteiger partial charge >= 0.3 is 11.9 Å². The van der Waals surface area contributed by atoms with E-state index in [4.69, 9.17) is 5.11 Å². The number of ether oxygens (including phenoxy) is 1. The van der Waals surface area contributed by atoms with Crippen molar-refractivity contribution in [2.75, 3.05) is 7.11 Å². The van der Waals surface area contributed by atoms with Crippen molar-refractivity contribution in [2.24, 2.45) is 0 Å². The van der Waals surface area contributed by atoms with Crippen molar-refractivity contribution >= 4 is 11.9 Å². The van der Waals surface area contributed by atoms with Gasteiger partial charge in [0.1, 0.15) is 0 Å². The Labute approximate surface area is 76.5 Å². The molecule has 0 heterocycles. The van der Waals surface area contributed by atoms with E-state index in [-0.39, 0.29) is 12.0 Å². The number of methoxy groups -OCH3 is 1. The van der Waals surface area contributed by atoms with E-state index in [0.29, 0.717) is 0 Å². The van der Waals surface area contributed by atoms with E-state index in [1.54, 1.807) is 19.1 Å². The summed E-state index contributed by atoms with van der Waals surface area (Å²) in [6, 6.07) is 0. The minimum absolute atomic E-state index is 0.133. The molecule has 0 rings (SSSR count). The van der Waals surface area contributed by atoms with Crippen LogP contribution in [-0.2, 0) is 14.3 Å². The average molecular weight is 184 g/mol. The van der Waals surface area contributed by atoms with Crippen LogP contribution in [0.15, 0.2) is 23.8 Å². The highest BCUT2D eigenvalue weighted by molar-refractivity contribution is 5.93. The number of carbonyl (C=O) groups excluding carboxylic acids is 1. The van der Waals surface area contributed by atoms with Crippen molar-refractivity contribution in [3.63, 3.8) is 0 Å². The molecule has 0 bridgehead atoms. The zero-order valence-electron chi connectivity index (χ0n) is 7.61. The molecule has 0 amide bonds. The van der Waals surface area contributed by atoms with Crippen molar-refractivity contribution in [3.05, 3.63) is 23.8 Å². The molecule has 0 unspecified atom stereocenters. The monoisotopic (exact) mass is 184 g/mol. The maximum absolute atomic E-state index is 11.0. The second kappa shape index (κ2) is 5.99. The van der Waals surface area contributed by atoms with E-state index in [1.165, 1.54) is 13.2 Å². The summed E-state index contributed by atoms with van der Waals surface area (Å²) in [4.78, 5) is 21.3. The molecule has 0 aromatic rings. The number of hydrogen-bond donors (Lipinski definition) is 1. The first-order valence-electron chi connectivity index (χ1n) is 3.73. The molecule has 13 heavy (non-hydrogen) atoms. The molecular formula is C9H12O4. The second-order valence-corrected chi connectivity index (χ2v) is 2.28. The third kappa shape index (κ3) is 4.79. The number of rotatable bonds is 4. The second-order valence-electron chi connectivity index (χ2n) is 2.28. The lowest BCUT2D eigenvalue weighted by atomic mass is 10.2. The summed E-state index contributed by atoms with van der Waals surface area (Å²) in [5, 5.41) is 8.45. The zero-order valence-corrected chi connectivity index (χ0v) is 7.61. The Balaban J connectivity index is 4.54. The molecule has 0 aliphatic heterocycles. The van der Waals surface area contributed by atoms with E-state index >= 15 is 0 Å². The maximum Gasteiger partial charge on any atom is 0.334 e. The topological polar surface area (TPSA) is 63.6 Å². The smallest absolute Gasteiger partial charge is 0.334 e. The summed E-state index contributed by atoms with van der Waals surface area (Å²) in [6.45, 7) is 1.77. The van der Waals surface area contributed by atoms with Crippen LogP contribution in [0, 0.1) is 0 Å². The molecule has 4 heteroatoms. The fraction of sp³-hybridized carbons (Fsp3) is 0.333. The summed E-state index contributed by atoms with van der Waals surface area (Å²) in [5.74, 6) is -1.67. The summed E-state index contributed by atoms with van der Waals surface area (Å²) in [5.41, 5.74) is 0.133. The molecule has 4 nitrogen and oxygen atoms in total. The normalized spacial score (nSPS) is 11.7. The minimum Gasteiger partial charge on any atom is -0.481 e. The Morgan fingerprint density at radius 1 is 1.46 bits per heavy atom. The maximum atomic E-state index is 11.0. The van der Waals surface area contributed by atoms with Crippen LogP contribution in [0.3, 0.4) is 0 Å². The average Bonchev–Trinajstić information content (AvgIpc) is 2.10. The fourth-order valence-electron chi connectivity index (χ4n) is 0.706. The van der Waals surface area contributed by atoms with Gasteiger partial charge in [0.15, 0.2) is 0 Å². The van der Waals surface area contributed by atoms with Gasteiger partial charge in [-0.1, -0.05) is 18.2 Å². The molecule has 0 aliphatic carbocycles. The molecule has 0 aliphatic rings. The lowest BCUT2D eigenvalue weighted by Crippen LogP contribution is -2.09. The molecule has 0 atom stereocenters. The third-order valence-corrected chi connectivity index (χ3v) is 1.28. The van der Waals surface area contributed by atoms with Gasteiger partial charge in [0.05, 0.1) is 13.5 Å². The van der Waals surface area contributed by atoms with Gasteiger partial charge in [0.2, 0.25) is 0 Å². The molecule has 0 spiro atoms. The van der Waals surface area contributed by atoms with Crippen LogP contribution in [0.25, 0.3) is 0 Å². The third-order valence-electron chi connectivity index (χ3n) is 1.28. The van der Waals surface area contributed by atoms with Crippen LogP contribution in [0.4, 0.5) is 0 Å². The summed E-state index contributed by atoms with van der Waals surface area (Å²) in [6.07, 6.45) is 4.40. The number of esters is 1. The fourth-order valence-corrected chi connectivity index (χ4v) is 0.706. The molecule has 0 saturated heterocycles.